The smallest absolute Gasteiger partial charge is 0.244 e. The van der Waals surface area contributed by atoms with Crippen molar-refractivity contribution in [2.24, 2.45) is 0 Å². The highest BCUT2D eigenvalue weighted by Crippen LogP contribution is 2.24. The molecule has 10 heteroatoms. The van der Waals surface area contributed by atoms with Crippen molar-refractivity contribution in [3.8, 4) is 0 Å². The van der Waals surface area contributed by atoms with Crippen molar-refractivity contribution < 1.29 is 18.0 Å². The number of halogens is 2. The van der Waals surface area contributed by atoms with E-state index in [4.69, 9.17) is 11.6 Å². The van der Waals surface area contributed by atoms with Crippen molar-refractivity contribution in [2.75, 3.05) is 17.1 Å². The van der Waals surface area contributed by atoms with Crippen molar-refractivity contribution >= 4 is 55.1 Å². The number of amides is 2. The molecule has 0 spiro atoms. The third kappa shape index (κ3) is 7.72. The Kier molecular flexibility index (Phi) is 9.75. The van der Waals surface area contributed by atoms with Crippen LogP contribution in [0.1, 0.15) is 32.8 Å². The first-order valence-electron chi connectivity index (χ1n) is 10.5. The summed E-state index contributed by atoms with van der Waals surface area (Å²) in [7, 11) is -3.77. The maximum Gasteiger partial charge on any atom is 0.244 e. The number of nitrogens with zero attached hydrogens (tertiary/aromatic N) is 2. The summed E-state index contributed by atoms with van der Waals surface area (Å²) in [5, 5.41) is 3.34. The van der Waals surface area contributed by atoms with Gasteiger partial charge in [0.15, 0.2) is 0 Å². The lowest BCUT2D eigenvalue weighted by Crippen LogP contribution is -2.52. The number of nitrogens with one attached hydrogen (secondary N) is 1. The van der Waals surface area contributed by atoms with Gasteiger partial charge >= 0.3 is 0 Å². The molecule has 0 aliphatic heterocycles. The van der Waals surface area contributed by atoms with Gasteiger partial charge in [0, 0.05) is 22.1 Å². The van der Waals surface area contributed by atoms with E-state index in [2.05, 4.69) is 21.2 Å². The van der Waals surface area contributed by atoms with Gasteiger partial charge < -0.3 is 10.2 Å². The van der Waals surface area contributed by atoms with Gasteiger partial charge in [0.1, 0.15) is 12.6 Å². The first-order chi connectivity index (χ1) is 15.4. The molecule has 0 radical (unpaired) electrons. The summed E-state index contributed by atoms with van der Waals surface area (Å²) in [4.78, 5) is 27.7. The lowest BCUT2D eigenvalue weighted by atomic mass is 10.1. The summed E-state index contributed by atoms with van der Waals surface area (Å²) in [6.07, 6.45) is 1.78. The minimum Gasteiger partial charge on any atom is -0.352 e. The number of benzene rings is 2. The first-order valence-corrected chi connectivity index (χ1v) is 13.5. The third-order valence-electron chi connectivity index (χ3n) is 5.24. The normalized spacial score (nSPS) is 13.2. The van der Waals surface area contributed by atoms with Crippen LogP contribution in [0.15, 0.2) is 53.0 Å². The molecule has 2 aromatic rings. The predicted molar refractivity (Wildman–Crippen MR) is 136 cm³/mol. The largest absolute Gasteiger partial charge is 0.352 e. The van der Waals surface area contributed by atoms with Crippen LogP contribution < -0.4 is 9.62 Å². The second-order valence-electron chi connectivity index (χ2n) is 7.86. The van der Waals surface area contributed by atoms with Crippen LogP contribution >= 0.6 is 27.5 Å². The molecule has 0 aromatic heterocycles. The lowest BCUT2D eigenvalue weighted by Gasteiger charge is -2.32. The third-order valence-corrected chi connectivity index (χ3v) is 7.24. The van der Waals surface area contributed by atoms with Crippen molar-refractivity contribution in [3.05, 3.63) is 63.6 Å². The minimum atomic E-state index is -3.77. The van der Waals surface area contributed by atoms with E-state index in [1.807, 2.05) is 13.8 Å². The number of anilines is 1. The van der Waals surface area contributed by atoms with Crippen LogP contribution in [0.4, 0.5) is 5.69 Å². The molecule has 0 unspecified atom stereocenters. The van der Waals surface area contributed by atoms with Gasteiger partial charge in [0.25, 0.3) is 0 Å². The standard InChI is InChI=1S/C23H29BrClN3O4S/c1-5-16(2)26-23(30)17(3)27(14-18-9-6-7-12-21(18)25)22(29)15-28(33(4,31)32)20-11-8-10-19(24)13-20/h6-13,16-17H,5,14-15H2,1-4H3,(H,26,30)/t16-,17+/m0/s1. The maximum atomic E-state index is 13.5. The Bertz CT molecular complexity index is 1100. The Morgan fingerprint density at radius 1 is 1.12 bits per heavy atom. The molecule has 0 aliphatic rings. The zero-order valence-electron chi connectivity index (χ0n) is 19.1. The molecule has 0 saturated heterocycles. The van der Waals surface area contributed by atoms with E-state index in [-0.39, 0.29) is 18.5 Å². The Morgan fingerprint density at radius 3 is 2.36 bits per heavy atom. The van der Waals surface area contributed by atoms with Gasteiger partial charge in [-0.3, -0.25) is 13.9 Å². The van der Waals surface area contributed by atoms with Crippen LogP contribution in [0.5, 0.6) is 0 Å². The van der Waals surface area contributed by atoms with Crippen LogP contribution in [-0.4, -0.2) is 50.0 Å². The quantitative estimate of drug-likeness (QED) is 0.474. The summed E-state index contributed by atoms with van der Waals surface area (Å²) in [6, 6.07) is 12.8. The zero-order valence-corrected chi connectivity index (χ0v) is 22.2. The topological polar surface area (TPSA) is 86.8 Å². The molecule has 0 bridgehead atoms. The first kappa shape index (κ1) is 27.1. The number of hydrogen-bond acceptors (Lipinski definition) is 4. The number of carbonyl (C=O) groups is 2. The number of carbonyl (C=O) groups excluding carboxylic acids is 2. The van der Waals surface area contributed by atoms with Crippen LogP contribution in [0, 0.1) is 0 Å². The summed E-state index contributed by atoms with van der Waals surface area (Å²) in [5.74, 6) is -0.842. The monoisotopic (exact) mass is 557 g/mol. The SMILES string of the molecule is CC[C@H](C)NC(=O)[C@@H](C)N(Cc1ccccc1Cl)C(=O)CN(c1cccc(Br)c1)S(C)(=O)=O. The van der Waals surface area contributed by atoms with Crippen molar-refractivity contribution in [1.82, 2.24) is 10.2 Å². The molecule has 2 rings (SSSR count). The van der Waals surface area contributed by atoms with Crippen LogP contribution in [0.25, 0.3) is 0 Å². The van der Waals surface area contributed by atoms with Gasteiger partial charge in [0.2, 0.25) is 21.8 Å². The van der Waals surface area contributed by atoms with Gasteiger partial charge in [-0.25, -0.2) is 8.42 Å². The van der Waals surface area contributed by atoms with Crippen molar-refractivity contribution in [3.63, 3.8) is 0 Å². The molecular weight excluding hydrogens is 530 g/mol. The van der Waals surface area contributed by atoms with E-state index in [0.29, 0.717) is 20.7 Å². The Hall–Kier alpha value is -2.10. The molecule has 0 saturated carbocycles. The molecule has 1 N–H and O–H groups in total. The molecule has 2 amide bonds. The fraction of sp³-hybridized carbons (Fsp3) is 0.391. The molecule has 0 fully saturated rings. The molecular formula is C23H29BrClN3O4S. The second-order valence-corrected chi connectivity index (χ2v) is 11.1. The molecule has 7 nitrogen and oxygen atoms in total. The highest BCUT2D eigenvalue weighted by Gasteiger charge is 2.30. The average molecular weight is 559 g/mol. The molecule has 33 heavy (non-hydrogen) atoms. The summed E-state index contributed by atoms with van der Waals surface area (Å²) < 4.78 is 26.8. The van der Waals surface area contributed by atoms with E-state index in [1.165, 1.54) is 4.90 Å². The number of sulfonamides is 1. The Balaban J connectivity index is 2.40. The number of hydrogen-bond donors (Lipinski definition) is 1. The fourth-order valence-corrected chi connectivity index (χ4v) is 4.53. The van der Waals surface area contributed by atoms with E-state index >= 15 is 0 Å². The van der Waals surface area contributed by atoms with Crippen LogP contribution in [-0.2, 0) is 26.2 Å². The molecule has 2 aromatic carbocycles. The lowest BCUT2D eigenvalue weighted by molar-refractivity contribution is -0.139. The Morgan fingerprint density at radius 2 is 1.79 bits per heavy atom. The van der Waals surface area contributed by atoms with Gasteiger partial charge in [-0.15, -0.1) is 0 Å². The summed E-state index contributed by atoms with van der Waals surface area (Å²) in [6.45, 7) is 5.05. The Labute approximate surface area is 209 Å². The van der Waals surface area contributed by atoms with Crippen molar-refractivity contribution in [1.29, 1.82) is 0 Å². The molecule has 2 atom stereocenters. The van der Waals surface area contributed by atoms with E-state index in [0.717, 1.165) is 17.0 Å². The highest BCUT2D eigenvalue weighted by molar-refractivity contribution is 9.10. The second kappa shape index (κ2) is 11.9. The van der Waals surface area contributed by atoms with E-state index in [1.54, 1.807) is 55.5 Å². The highest BCUT2D eigenvalue weighted by atomic mass is 79.9. The minimum absolute atomic E-state index is 0.0592. The zero-order chi connectivity index (χ0) is 24.8. The molecule has 0 heterocycles. The fourth-order valence-electron chi connectivity index (χ4n) is 3.10. The summed E-state index contributed by atoms with van der Waals surface area (Å²) in [5.41, 5.74) is 0.999. The van der Waals surface area contributed by atoms with Crippen LogP contribution in [0.3, 0.4) is 0 Å². The maximum absolute atomic E-state index is 13.5. The average Bonchev–Trinajstić information content (AvgIpc) is 2.75. The van der Waals surface area contributed by atoms with E-state index in [9.17, 15) is 18.0 Å². The van der Waals surface area contributed by atoms with Crippen LogP contribution in [0.2, 0.25) is 5.02 Å². The molecule has 180 valence electrons. The number of rotatable bonds is 10. The predicted octanol–water partition coefficient (Wildman–Crippen LogP) is 4.20. The van der Waals surface area contributed by atoms with Gasteiger partial charge in [-0.1, -0.05) is 58.7 Å². The van der Waals surface area contributed by atoms with Gasteiger partial charge in [0.05, 0.1) is 11.9 Å². The van der Waals surface area contributed by atoms with Gasteiger partial charge in [-0.05, 0) is 50.1 Å². The molecule has 0 aliphatic carbocycles. The van der Waals surface area contributed by atoms with Gasteiger partial charge in [-0.2, -0.15) is 0 Å². The summed E-state index contributed by atoms with van der Waals surface area (Å²) >= 11 is 9.64. The van der Waals surface area contributed by atoms with E-state index < -0.39 is 28.5 Å². The van der Waals surface area contributed by atoms with Crippen molar-refractivity contribution in [2.45, 2.75) is 45.8 Å².